The smallest absolute Gasteiger partial charge is 0.254 e. The van der Waals surface area contributed by atoms with Crippen LogP contribution in [0.4, 0.5) is 4.39 Å². The summed E-state index contributed by atoms with van der Waals surface area (Å²) in [7, 11) is 3.25. The second-order valence-corrected chi connectivity index (χ2v) is 11.6. The van der Waals surface area contributed by atoms with Crippen LogP contribution in [0.25, 0.3) is 0 Å². The van der Waals surface area contributed by atoms with Gasteiger partial charge in [0.15, 0.2) is 11.5 Å². The number of piperidine rings is 1. The Balaban J connectivity index is 1.32. The zero-order valence-corrected chi connectivity index (χ0v) is 25.4. The molecule has 2 atom stereocenters. The highest BCUT2D eigenvalue weighted by Crippen LogP contribution is 2.31. The largest absolute Gasteiger partial charge is 0.493 e. The fourth-order valence-electron chi connectivity index (χ4n) is 5.73. The lowest BCUT2D eigenvalue weighted by Gasteiger charge is -2.40. The first kappa shape index (κ1) is 31.8. The van der Waals surface area contributed by atoms with Crippen molar-refractivity contribution in [3.8, 4) is 11.5 Å². The van der Waals surface area contributed by atoms with E-state index >= 15 is 0 Å². The van der Waals surface area contributed by atoms with Gasteiger partial charge in [-0.2, -0.15) is 0 Å². The van der Waals surface area contributed by atoms with E-state index in [9.17, 15) is 14.0 Å². The van der Waals surface area contributed by atoms with E-state index in [0.717, 1.165) is 44.1 Å². The normalized spacial score (nSPS) is 18.5. The number of benzene rings is 2. The number of nitrogens with zero attached hydrogens (tertiary/aromatic N) is 2. The number of amides is 2. The summed E-state index contributed by atoms with van der Waals surface area (Å²) in [5, 5.41) is 3.66. The Bertz CT molecular complexity index is 1160. The van der Waals surface area contributed by atoms with Crippen molar-refractivity contribution in [1.82, 2.24) is 15.1 Å². The van der Waals surface area contributed by atoms with Crippen molar-refractivity contribution in [2.45, 2.75) is 83.0 Å². The molecule has 1 saturated carbocycles. The quantitative estimate of drug-likeness (QED) is 0.302. The fraction of sp³-hybridized carbons (Fsp3) is 0.576. The van der Waals surface area contributed by atoms with Gasteiger partial charge in [-0.3, -0.25) is 9.59 Å². The highest BCUT2D eigenvalue weighted by molar-refractivity contribution is 5.95. The van der Waals surface area contributed by atoms with E-state index in [4.69, 9.17) is 14.2 Å². The summed E-state index contributed by atoms with van der Waals surface area (Å²) in [5.74, 6) is 0.945. The molecule has 2 amide bonds. The molecule has 1 saturated heterocycles. The predicted molar refractivity (Wildman–Crippen MR) is 161 cm³/mol. The van der Waals surface area contributed by atoms with Crippen LogP contribution in [0.15, 0.2) is 42.5 Å². The van der Waals surface area contributed by atoms with Crippen LogP contribution in [-0.2, 0) is 16.0 Å². The number of methoxy groups -OCH3 is 2. The molecule has 1 N–H and O–H groups in total. The standard InChI is InChI=1S/C33H46FN3O5/c1-23(2)37(33(39)25-8-15-30(41-4)31(21-25)42-19-5-18-40-3)29-12-11-27(35-22-29)16-17-36(28-13-14-28)32(38)20-24-6-9-26(34)10-7-24/h6-10,15,21,23,27-29,35H,5,11-14,16-20,22H2,1-4H3/t27-,29-/m1/s1. The van der Waals surface area contributed by atoms with E-state index in [1.165, 1.54) is 12.1 Å². The summed E-state index contributed by atoms with van der Waals surface area (Å²) in [5.41, 5.74) is 1.42. The maximum Gasteiger partial charge on any atom is 0.254 e. The summed E-state index contributed by atoms with van der Waals surface area (Å²) in [6.45, 7) is 6.59. The lowest BCUT2D eigenvalue weighted by atomic mass is 9.95. The van der Waals surface area contributed by atoms with Gasteiger partial charge in [0.1, 0.15) is 5.82 Å². The third-order valence-electron chi connectivity index (χ3n) is 8.13. The van der Waals surface area contributed by atoms with Crippen LogP contribution >= 0.6 is 0 Å². The van der Waals surface area contributed by atoms with Crippen LogP contribution in [0.5, 0.6) is 11.5 Å². The zero-order chi connectivity index (χ0) is 30.1. The van der Waals surface area contributed by atoms with Gasteiger partial charge in [0.2, 0.25) is 5.91 Å². The van der Waals surface area contributed by atoms with Crippen LogP contribution in [0.3, 0.4) is 0 Å². The van der Waals surface area contributed by atoms with Gasteiger partial charge < -0.3 is 29.3 Å². The van der Waals surface area contributed by atoms with E-state index in [2.05, 4.69) is 19.2 Å². The topological polar surface area (TPSA) is 80.3 Å². The zero-order valence-electron chi connectivity index (χ0n) is 25.4. The maximum absolute atomic E-state index is 13.8. The van der Waals surface area contributed by atoms with E-state index < -0.39 is 0 Å². The molecule has 8 nitrogen and oxygen atoms in total. The number of carbonyl (C=O) groups is 2. The van der Waals surface area contributed by atoms with Crippen molar-refractivity contribution in [2.24, 2.45) is 0 Å². The van der Waals surface area contributed by atoms with Crippen molar-refractivity contribution < 1.29 is 28.2 Å². The molecule has 2 aliphatic rings. The molecule has 4 rings (SSSR count). The summed E-state index contributed by atoms with van der Waals surface area (Å²) < 4.78 is 29.7. The van der Waals surface area contributed by atoms with E-state index in [-0.39, 0.29) is 29.7 Å². The van der Waals surface area contributed by atoms with Crippen LogP contribution in [0, 0.1) is 5.82 Å². The highest BCUT2D eigenvalue weighted by Gasteiger charge is 2.34. The van der Waals surface area contributed by atoms with Crippen molar-refractivity contribution in [3.63, 3.8) is 0 Å². The number of hydrogen-bond donors (Lipinski definition) is 1. The van der Waals surface area contributed by atoms with Crippen molar-refractivity contribution >= 4 is 11.8 Å². The molecule has 9 heteroatoms. The highest BCUT2D eigenvalue weighted by atomic mass is 19.1. The molecule has 2 aromatic carbocycles. The van der Waals surface area contributed by atoms with Crippen LogP contribution < -0.4 is 14.8 Å². The third-order valence-corrected chi connectivity index (χ3v) is 8.13. The first-order chi connectivity index (χ1) is 20.3. The van der Waals surface area contributed by atoms with E-state index in [1.807, 2.05) is 9.80 Å². The van der Waals surface area contributed by atoms with Gasteiger partial charge in [-0.05, 0) is 81.8 Å². The minimum Gasteiger partial charge on any atom is -0.493 e. The summed E-state index contributed by atoms with van der Waals surface area (Å²) in [6, 6.07) is 12.3. The summed E-state index contributed by atoms with van der Waals surface area (Å²) in [6.07, 6.45) is 5.83. The summed E-state index contributed by atoms with van der Waals surface area (Å²) in [4.78, 5) is 30.8. The second-order valence-electron chi connectivity index (χ2n) is 11.6. The molecular formula is C33H46FN3O5. The Hall–Kier alpha value is -3.17. The number of nitrogens with one attached hydrogen (secondary N) is 1. The Kier molecular flexibility index (Phi) is 11.6. The Morgan fingerprint density at radius 1 is 0.976 bits per heavy atom. The molecule has 42 heavy (non-hydrogen) atoms. The molecule has 230 valence electrons. The Labute approximate surface area is 249 Å². The number of ether oxygens (including phenoxy) is 3. The molecule has 0 radical (unpaired) electrons. The fourth-order valence-corrected chi connectivity index (χ4v) is 5.73. The monoisotopic (exact) mass is 583 g/mol. The number of rotatable bonds is 15. The van der Waals surface area contributed by atoms with Crippen molar-refractivity contribution in [1.29, 1.82) is 0 Å². The second kappa shape index (κ2) is 15.3. The van der Waals surface area contributed by atoms with Gasteiger partial charge in [0.25, 0.3) is 5.91 Å². The first-order valence-corrected chi connectivity index (χ1v) is 15.2. The molecule has 0 aromatic heterocycles. The molecular weight excluding hydrogens is 537 g/mol. The van der Waals surface area contributed by atoms with E-state index in [1.54, 1.807) is 44.6 Å². The van der Waals surface area contributed by atoms with Crippen molar-refractivity contribution in [3.05, 3.63) is 59.4 Å². The predicted octanol–water partition coefficient (Wildman–Crippen LogP) is 4.84. The van der Waals surface area contributed by atoms with Gasteiger partial charge in [0.05, 0.1) is 20.1 Å². The van der Waals surface area contributed by atoms with Crippen molar-refractivity contribution in [2.75, 3.05) is 40.5 Å². The average molecular weight is 584 g/mol. The number of carbonyl (C=O) groups excluding carboxylic acids is 2. The van der Waals surface area contributed by atoms with Gasteiger partial charge in [-0.15, -0.1) is 0 Å². The molecule has 0 bridgehead atoms. The number of hydrogen-bond acceptors (Lipinski definition) is 6. The van der Waals surface area contributed by atoms with E-state index in [0.29, 0.717) is 61.9 Å². The van der Waals surface area contributed by atoms with Gasteiger partial charge >= 0.3 is 0 Å². The SMILES string of the molecule is COCCCOc1cc(C(=O)N(C(C)C)[C@@H]2CC[C@H](CCN(C(=O)Cc3ccc(F)cc3)C3CC3)NC2)ccc1OC. The van der Waals surface area contributed by atoms with Crippen LogP contribution in [-0.4, -0.2) is 86.3 Å². The molecule has 2 aromatic rings. The minimum atomic E-state index is -0.291. The Morgan fingerprint density at radius 3 is 2.33 bits per heavy atom. The lowest BCUT2D eigenvalue weighted by Crippen LogP contribution is -2.54. The van der Waals surface area contributed by atoms with Gasteiger partial charge in [-0.1, -0.05) is 12.1 Å². The Morgan fingerprint density at radius 2 is 1.71 bits per heavy atom. The van der Waals surface area contributed by atoms with Gasteiger partial charge in [0, 0.05) is 63.0 Å². The molecule has 2 fully saturated rings. The molecule has 1 aliphatic carbocycles. The first-order valence-electron chi connectivity index (χ1n) is 15.2. The molecule has 0 unspecified atom stereocenters. The average Bonchev–Trinajstić information content (AvgIpc) is 3.82. The lowest BCUT2D eigenvalue weighted by molar-refractivity contribution is -0.131. The number of halogens is 1. The molecule has 1 heterocycles. The molecule has 1 aliphatic heterocycles. The van der Waals surface area contributed by atoms with Gasteiger partial charge in [-0.25, -0.2) is 4.39 Å². The van der Waals surface area contributed by atoms with Crippen LogP contribution in [0.1, 0.15) is 68.3 Å². The summed E-state index contributed by atoms with van der Waals surface area (Å²) >= 11 is 0. The molecule has 0 spiro atoms. The third kappa shape index (κ3) is 8.67. The maximum atomic E-state index is 13.8. The van der Waals surface area contributed by atoms with Crippen LogP contribution in [0.2, 0.25) is 0 Å². The minimum absolute atomic E-state index is 0.0223.